The average molecular weight is 346 g/mol. The molecule has 0 amide bonds. The molecule has 0 saturated carbocycles. The molecule has 0 atom stereocenters. The number of aromatic nitrogens is 1. The van der Waals surface area contributed by atoms with Crippen LogP contribution in [0.2, 0.25) is 5.02 Å². The van der Waals surface area contributed by atoms with Crippen LogP contribution in [0.15, 0.2) is 41.0 Å². The highest BCUT2D eigenvalue weighted by atomic mass is 79.9. The number of rotatable bonds is 1. The zero-order valence-electron chi connectivity index (χ0n) is 9.56. The molecule has 0 unspecified atom stereocenters. The monoisotopic (exact) mass is 344 g/mol. The van der Waals surface area contributed by atoms with E-state index in [1.54, 1.807) is 12.3 Å². The number of carboxylic acids is 1. The number of hydrogen-bond donors (Lipinski definition) is 2. The molecule has 0 saturated heterocycles. The molecule has 0 radical (unpaired) electrons. The fourth-order valence-electron chi connectivity index (χ4n) is 1.09. The summed E-state index contributed by atoms with van der Waals surface area (Å²) < 4.78 is 1.01. The van der Waals surface area contributed by atoms with Crippen molar-refractivity contribution in [1.29, 1.82) is 0 Å². The molecule has 0 aliphatic carbocycles. The third-order valence-electron chi connectivity index (χ3n) is 1.97. The minimum absolute atomic E-state index is 0.252. The Labute approximate surface area is 122 Å². The largest absolute Gasteiger partial charge is 0.872 e. The first-order chi connectivity index (χ1) is 8.90. The van der Waals surface area contributed by atoms with E-state index in [0.29, 0.717) is 5.82 Å². The van der Waals surface area contributed by atoms with Gasteiger partial charge in [-0.2, -0.15) is 0 Å². The third-order valence-corrected chi connectivity index (χ3v) is 2.70. The first-order valence-electron chi connectivity index (χ1n) is 5.02. The van der Waals surface area contributed by atoms with Gasteiger partial charge < -0.3 is 10.2 Å². The number of nitrogen functional groups attached to an aromatic ring is 1. The summed E-state index contributed by atoms with van der Waals surface area (Å²) in [6.45, 7) is 0. The maximum atomic E-state index is 10.8. The van der Waals surface area contributed by atoms with Crippen molar-refractivity contribution in [3.8, 4) is 5.75 Å². The van der Waals surface area contributed by atoms with E-state index in [-0.39, 0.29) is 10.6 Å². The topological polar surface area (TPSA) is 101 Å². The molecule has 0 spiro atoms. The van der Waals surface area contributed by atoms with E-state index in [9.17, 15) is 9.90 Å². The number of nitrogens with two attached hydrogens (primary N) is 1. The van der Waals surface area contributed by atoms with Crippen molar-refractivity contribution in [2.75, 3.05) is 5.73 Å². The maximum Gasteiger partial charge on any atom is 0.335 e. The Kier molecular flexibility index (Phi) is 5.59. The summed E-state index contributed by atoms with van der Waals surface area (Å²) in [6, 6.07) is 7.30. The Balaban J connectivity index is 0.000000200. The van der Waals surface area contributed by atoms with Crippen molar-refractivity contribution >= 4 is 39.3 Å². The van der Waals surface area contributed by atoms with Crippen LogP contribution in [-0.4, -0.2) is 11.1 Å². The van der Waals surface area contributed by atoms with Crippen LogP contribution >= 0.6 is 27.5 Å². The van der Waals surface area contributed by atoms with Crippen LogP contribution in [0.4, 0.5) is 5.82 Å². The number of nitrogens with one attached hydrogen (secondary N) is 1. The fourth-order valence-corrected chi connectivity index (χ4v) is 1.51. The second-order valence-electron chi connectivity index (χ2n) is 3.41. The van der Waals surface area contributed by atoms with Gasteiger partial charge >= 0.3 is 5.97 Å². The highest BCUT2D eigenvalue weighted by molar-refractivity contribution is 9.10. The minimum Gasteiger partial charge on any atom is -0.872 e. The van der Waals surface area contributed by atoms with E-state index < -0.39 is 11.7 Å². The molecule has 4 N–H and O–H groups in total. The lowest BCUT2D eigenvalue weighted by Gasteiger charge is -2.08. The Morgan fingerprint density at radius 2 is 2.05 bits per heavy atom. The molecule has 1 heterocycles. The van der Waals surface area contributed by atoms with Gasteiger partial charge in [-0.3, -0.25) is 5.73 Å². The Morgan fingerprint density at radius 1 is 1.37 bits per heavy atom. The van der Waals surface area contributed by atoms with Crippen molar-refractivity contribution in [3.05, 3.63) is 51.6 Å². The molecule has 0 fully saturated rings. The van der Waals surface area contributed by atoms with E-state index in [1.807, 2.05) is 6.07 Å². The lowest BCUT2D eigenvalue weighted by Crippen LogP contribution is -2.07. The number of aromatic carboxylic acids is 1. The van der Waals surface area contributed by atoms with Crippen LogP contribution < -0.4 is 15.8 Å². The van der Waals surface area contributed by atoms with Gasteiger partial charge in [0.15, 0.2) is 0 Å². The lowest BCUT2D eigenvalue weighted by atomic mass is 10.2. The number of halogens is 2. The van der Waals surface area contributed by atoms with Crippen LogP contribution in [0.1, 0.15) is 10.4 Å². The second-order valence-corrected chi connectivity index (χ2v) is 4.76. The van der Waals surface area contributed by atoms with Crippen LogP contribution in [-0.2, 0) is 0 Å². The van der Waals surface area contributed by atoms with E-state index in [4.69, 9.17) is 22.4 Å². The Hall–Kier alpha value is -1.79. The van der Waals surface area contributed by atoms with E-state index in [2.05, 4.69) is 20.9 Å². The predicted molar refractivity (Wildman–Crippen MR) is 73.0 cm³/mol. The van der Waals surface area contributed by atoms with Crippen molar-refractivity contribution < 1.29 is 20.0 Å². The molecule has 100 valence electrons. The molecule has 19 heavy (non-hydrogen) atoms. The van der Waals surface area contributed by atoms with Crippen LogP contribution in [0, 0.1) is 0 Å². The standard InChI is InChI=1S/C7H5ClO3.C5H5BrN2/c8-4-1-2-6(9)5(3-4)7(10)11;6-4-1-2-5(7)8-3-4/h1-3,9H,(H,10,11);1-3H,(H2,7,8). The van der Waals surface area contributed by atoms with Crippen molar-refractivity contribution in [1.82, 2.24) is 0 Å². The van der Waals surface area contributed by atoms with Gasteiger partial charge in [0.1, 0.15) is 6.20 Å². The van der Waals surface area contributed by atoms with Crippen molar-refractivity contribution in [3.63, 3.8) is 0 Å². The Morgan fingerprint density at radius 3 is 2.47 bits per heavy atom. The SMILES string of the molecule is Nc1ccc(Br)c[nH+]1.O=C(O)c1cc(Cl)ccc1[O-]. The average Bonchev–Trinajstić information content (AvgIpc) is 2.36. The van der Waals surface area contributed by atoms with Crippen LogP contribution in [0.25, 0.3) is 0 Å². The summed E-state index contributed by atoms with van der Waals surface area (Å²) >= 11 is 8.72. The number of anilines is 1. The number of carbonyl (C=O) groups is 1. The zero-order valence-corrected chi connectivity index (χ0v) is 11.9. The molecule has 7 heteroatoms. The molecular formula is C12H10BrClN2O3. The lowest BCUT2D eigenvalue weighted by molar-refractivity contribution is -0.361. The summed E-state index contributed by atoms with van der Waals surface area (Å²) in [4.78, 5) is 13.1. The van der Waals surface area contributed by atoms with Gasteiger partial charge in [-0.1, -0.05) is 23.4 Å². The first-order valence-corrected chi connectivity index (χ1v) is 6.20. The number of aromatic amines is 1. The minimum atomic E-state index is -1.25. The summed E-state index contributed by atoms with van der Waals surface area (Å²) in [7, 11) is 0. The second kappa shape index (κ2) is 6.96. The number of hydrogen-bond acceptors (Lipinski definition) is 3. The van der Waals surface area contributed by atoms with Gasteiger partial charge in [0.2, 0.25) is 0 Å². The molecule has 1 aromatic heterocycles. The van der Waals surface area contributed by atoms with E-state index in [1.165, 1.54) is 6.07 Å². The highest BCUT2D eigenvalue weighted by Gasteiger charge is 2.02. The van der Waals surface area contributed by atoms with Crippen LogP contribution in [0.3, 0.4) is 0 Å². The molecular weight excluding hydrogens is 336 g/mol. The maximum absolute atomic E-state index is 10.8. The highest BCUT2D eigenvalue weighted by Crippen LogP contribution is 2.18. The zero-order chi connectivity index (χ0) is 14.4. The molecule has 5 nitrogen and oxygen atoms in total. The summed E-state index contributed by atoms with van der Waals surface area (Å²) in [6.07, 6.45) is 1.79. The summed E-state index contributed by atoms with van der Waals surface area (Å²) in [5.74, 6) is -1.10. The number of carboxylic acid groups (broad SMARTS) is 1. The van der Waals surface area contributed by atoms with Gasteiger partial charge in [0.05, 0.1) is 10.0 Å². The van der Waals surface area contributed by atoms with Gasteiger partial charge in [-0.15, -0.1) is 0 Å². The van der Waals surface area contributed by atoms with Gasteiger partial charge in [0, 0.05) is 11.1 Å². The number of H-pyrrole nitrogens is 1. The van der Waals surface area contributed by atoms with Crippen molar-refractivity contribution in [2.45, 2.75) is 0 Å². The normalized spacial score (nSPS) is 9.37. The molecule has 0 bridgehead atoms. The molecule has 2 rings (SSSR count). The molecule has 2 aromatic rings. The van der Waals surface area contributed by atoms with Crippen LogP contribution in [0.5, 0.6) is 5.75 Å². The van der Waals surface area contributed by atoms with Gasteiger partial charge in [-0.05, 0) is 34.1 Å². The fraction of sp³-hybridized carbons (Fsp3) is 0. The number of pyridine rings is 1. The third kappa shape index (κ3) is 5.15. The van der Waals surface area contributed by atoms with Gasteiger partial charge in [0.25, 0.3) is 5.82 Å². The van der Waals surface area contributed by atoms with E-state index >= 15 is 0 Å². The molecule has 0 aliphatic heterocycles. The summed E-state index contributed by atoms with van der Waals surface area (Å²) in [5.41, 5.74) is 5.06. The smallest absolute Gasteiger partial charge is 0.335 e. The predicted octanol–water partition coefficient (Wildman–Crippen LogP) is 1.96. The quantitative estimate of drug-likeness (QED) is 0.825. The first kappa shape index (κ1) is 15.3. The number of benzene rings is 1. The van der Waals surface area contributed by atoms with E-state index in [0.717, 1.165) is 16.6 Å². The summed E-state index contributed by atoms with van der Waals surface area (Å²) in [5, 5.41) is 19.5. The van der Waals surface area contributed by atoms with Crippen molar-refractivity contribution in [2.24, 2.45) is 0 Å². The van der Waals surface area contributed by atoms with Gasteiger partial charge in [-0.25, -0.2) is 9.78 Å². The molecule has 1 aromatic carbocycles. The Bertz CT molecular complexity index is 555. The molecule has 0 aliphatic rings.